The van der Waals surface area contributed by atoms with Gasteiger partial charge in [0.25, 0.3) is 5.56 Å². The van der Waals surface area contributed by atoms with Crippen molar-refractivity contribution in [3.8, 4) is 0 Å². The van der Waals surface area contributed by atoms with Crippen molar-refractivity contribution in [3.05, 3.63) is 76.6 Å². The lowest BCUT2D eigenvalue weighted by Crippen LogP contribution is -2.35. The molecule has 1 aromatic heterocycles. The van der Waals surface area contributed by atoms with Gasteiger partial charge in [0, 0.05) is 30.2 Å². The lowest BCUT2D eigenvalue weighted by molar-refractivity contribution is -0.118. The summed E-state index contributed by atoms with van der Waals surface area (Å²) in [7, 11) is 0. The predicted molar refractivity (Wildman–Crippen MR) is 125 cm³/mol. The molecule has 9 heteroatoms. The van der Waals surface area contributed by atoms with E-state index in [1.165, 1.54) is 9.47 Å². The minimum Gasteiger partial charge on any atom is -0.370 e. The second kappa shape index (κ2) is 10.3. The monoisotopic (exact) mass is 456 g/mol. The van der Waals surface area contributed by atoms with Crippen LogP contribution in [0.15, 0.2) is 71.1 Å². The summed E-state index contributed by atoms with van der Waals surface area (Å²) in [5, 5.41) is 1.29. The molecule has 7 nitrogen and oxygen atoms in total. The van der Waals surface area contributed by atoms with E-state index < -0.39 is 5.91 Å². The zero-order valence-corrected chi connectivity index (χ0v) is 18.2. The first kappa shape index (κ1) is 22.6. The quantitative estimate of drug-likeness (QED) is 0.303. The number of para-hydroxylation sites is 1. The van der Waals surface area contributed by atoms with E-state index in [0.717, 1.165) is 11.8 Å². The van der Waals surface area contributed by atoms with Crippen LogP contribution in [-0.4, -0.2) is 33.7 Å². The number of benzene rings is 2. The predicted octanol–water partition coefficient (Wildman–Crippen LogP) is 3.24. The van der Waals surface area contributed by atoms with Crippen LogP contribution in [0.5, 0.6) is 0 Å². The van der Waals surface area contributed by atoms with Gasteiger partial charge in [0.15, 0.2) is 5.16 Å². The SMILES string of the molecule is C=CCn1c(SCC(=O)N(CCC(N)=O)c2ccccc2)nc2cc(Cl)ccc2c1=O. The van der Waals surface area contributed by atoms with Gasteiger partial charge in [-0.1, -0.05) is 47.6 Å². The second-order valence-electron chi connectivity index (χ2n) is 6.65. The molecule has 0 unspecified atom stereocenters. The maximum Gasteiger partial charge on any atom is 0.262 e. The Morgan fingerprint density at radius 2 is 1.97 bits per heavy atom. The van der Waals surface area contributed by atoms with E-state index in [1.54, 1.807) is 36.4 Å². The topological polar surface area (TPSA) is 98.3 Å². The maximum atomic E-state index is 13.0. The van der Waals surface area contributed by atoms with Crippen molar-refractivity contribution in [1.29, 1.82) is 0 Å². The minimum absolute atomic E-state index is 0.0172. The van der Waals surface area contributed by atoms with Gasteiger partial charge in [0.2, 0.25) is 11.8 Å². The number of carbonyl (C=O) groups excluding carboxylic acids is 2. The molecule has 0 spiro atoms. The number of thioether (sulfide) groups is 1. The average Bonchev–Trinajstić information content (AvgIpc) is 2.75. The first-order valence-electron chi connectivity index (χ1n) is 9.48. The Hall–Kier alpha value is -3.10. The summed E-state index contributed by atoms with van der Waals surface area (Å²) in [5.41, 5.74) is 6.16. The number of allylic oxidation sites excluding steroid dienone is 1. The number of fused-ring (bicyclic) bond motifs is 1. The number of nitrogens with zero attached hydrogens (tertiary/aromatic N) is 3. The van der Waals surface area contributed by atoms with Crippen molar-refractivity contribution in [2.45, 2.75) is 18.1 Å². The molecule has 2 N–H and O–H groups in total. The van der Waals surface area contributed by atoms with Gasteiger partial charge in [0.1, 0.15) is 0 Å². The molecule has 160 valence electrons. The van der Waals surface area contributed by atoms with E-state index >= 15 is 0 Å². The van der Waals surface area contributed by atoms with Crippen molar-refractivity contribution < 1.29 is 9.59 Å². The third-order valence-electron chi connectivity index (χ3n) is 4.47. The van der Waals surface area contributed by atoms with Gasteiger partial charge in [0.05, 0.1) is 16.7 Å². The molecular formula is C22H21ClN4O3S. The molecule has 0 aliphatic heterocycles. The molecule has 0 aliphatic carbocycles. The Kier molecular flexibility index (Phi) is 7.49. The molecule has 0 radical (unpaired) electrons. The third kappa shape index (κ3) is 5.53. The van der Waals surface area contributed by atoms with E-state index in [-0.39, 0.29) is 36.7 Å². The van der Waals surface area contributed by atoms with Crippen molar-refractivity contribution in [1.82, 2.24) is 9.55 Å². The molecular weight excluding hydrogens is 436 g/mol. The minimum atomic E-state index is -0.491. The number of carbonyl (C=O) groups is 2. The van der Waals surface area contributed by atoms with Crippen LogP contribution >= 0.6 is 23.4 Å². The Labute approximate surface area is 188 Å². The molecule has 0 aliphatic rings. The maximum absolute atomic E-state index is 13.0. The van der Waals surface area contributed by atoms with Crippen molar-refractivity contribution in [2.75, 3.05) is 17.2 Å². The smallest absolute Gasteiger partial charge is 0.262 e. The standard InChI is InChI=1S/C22H21ClN4O3S/c1-2-11-27-21(30)17-9-8-15(23)13-18(17)25-22(27)31-14-20(29)26(12-10-19(24)28)16-6-4-3-5-7-16/h2-9,13H,1,10-12,14H2,(H2,24,28). The molecule has 31 heavy (non-hydrogen) atoms. The molecule has 2 aromatic carbocycles. The van der Waals surface area contributed by atoms with Gasteiger partial charge >= 0.3 is 0 Å². The zero-order chi connectivity index (χ0) is 22.4. The van der Waals surface area contributed by atoms with Crippen LogP contribution < -0.4 is 16.2 Å². The number of amides is 2. The molecule has 0 atom stereocenters. The third-order valence-corrected chi connectivity index (χ3v) is 5.67. The van der Waals surface area contributed by atoms with Crippen LogP contribution in [0.2, 0.25) is 5.02 Å². The molecule has 1 heterocycles. The number of halogens is 1. The molecule has 0 saturated heterocycles. The number of primary amides is 1. The molecule has 0 fully saturated rings. The van der Waals surface area contributed by atoms with Gasteiger partial charge < -0.3 is 10.6 Å². The Balaban J connectivity index is 1.89. The van der Waals surface area contributed by atoms with Gasteiger partial charge in [-0.25, -0.2) is 4.98 Å². The fraction of sp³-hybridized carbons (Fsp3) is 0.182. The number of anilines is 1. The van der Waals surface area contributed by atoms with Crippen LogP contribution in [0.1, 0.15) is 6.42 Å². The Morgan fingerprint density at radius 1 is 1.23 bits per heavy atom. The highest BCUT2D eigenvalue weighted by Gasteiger charge is 2.19. The van der Waals surface area contributed by atoms with E-state index in [2.05, 4.69) is 11.6 Å². The number of nitrogens with two attached hydrogens (primary N) is 1. The number of hydrogen-bond acceptors (Lipinski definition) is 5. The van der Waals surface area contributed by atoms with Crippen LogP contribution in [-0.2, 0) is 16.1 Å². The van der Waals surface area contributed by atoms with E-state index in [1.807, 2.05) is 18.2 Å². The van der Waals surface area contributed by atoms with Gasteiger partial charge in [-0.15, -0.1) is 6.58 Å². The van der Waals surface area contributed by atoms with E-state index in [4.69, 9.17) is 17.3 Å². The molecule has 3 rings (SSSR count). The fourth-order valence-corrected chi connectivity index (χ4v) is 4.06. The summed E-state index contributed by atoms with van der Waals surface area (Å²) < 4.78 is 1.47. The highest BCUT2D eigenvalue weighted by atomic mass is 35.5. The second-order valence-corrected chi connectivity index (χ2v) is 8.03. The van der Waals surface area contributed by atoms with Crippen molar-refractivity contribution in [2.24, 2.45) is 5.73 Å². The van der Waals surface area contributed by atoms with Gasteiger partial charge in [-0.2, -0.15) is 0 Å². The van der Waals surface area contributed by atoms with Crippen LogP contribution in [0, 0.1) is 0 Å². The molecule has 0 saturated carbocycles. The first-order chi connectivity index (χ1) is 14.9. The summed E-state index contributed by atoms with van der Waals surface area (Å²) in [6, 6.07) is 13.9. The lowest BCUT2D eigenvalue weighted by atomic mass is 10.2. The number of aromatic nitrogens is 2. The van der Waals surface area contributed by atoms with E-state index in [9.17, 15) is 14.4 Å². The summed E-state index contributed by atoms with van der Waals surface area (Å²) in [4.78, 5) is 43.2. The zero-order valence-electron chi connectivity index (χ0n) is 16.7. The first-order valence-corrected chi connectivity index (χ1v) is 10.8. The van der Waals surface area contributed by atoms with Crippen molar-refractivity contribution >= 4 is 51.8 Å². The summed E-state index contributed by atoms with van der Waals surface area (Å²) in [6.07, 6.45) is 1.64. The fourth-order valence-electron chi connectivity index (χ4n) is 3.01. The summed E-state index contributed by atoms with van der Waals surface area (Å²) >= 11 is 7.19. The average molecular weight is 457 g/mol. The Bertz CT molecular complexity index is 1180. The molecule has 2 amide bonds. The molecule has 3 aromatic rings. The normalized spacial score (nSPS) is 10.7. The molecule has 0 bridgehead atoms. The highest BCUT2D eigenvalue weighted by Crippen LogP contribution is 2.22. The highest BCUT2D eigenvalue weighted by molar-refractivity contribution is 7.99. The largest absolute Gasteiger partial charge is 0.370 e. The summed E-state index contributed by atoms with van der Waals surface area (Å²) in [5.74, 6) is -0.708. The van der Waals surface area contributed by atoms with Gasteiger partial charge in [-0.3, -0.25) is 19.0 Å². The van der Waals surface area contributed by atoms with E-state index in [0.29, 0.717) is 26.8 Å². The van der Waals surface area contributed by atoms with Crippen LogP contribution in [0.3, 0.4) is 0 Å². The van der Waals surface area contributed by atoms with Gasteiger partial charge in [-0.05, 0) is 30.3 Å². The van der Waals surface area contributed by atoms with Crippen LogP contribution in [0.4, 0.5) is 5.69 Å². The Morgan fingerprint density at radius 3 is 2.65 bits per heavy atom. The van der Waals surface area contributed by atoms with Crippen LogP contribution in [0.25, 0.3) is 10.9 Å². The lowest BCUT2D eigenvalue weighted by Gasteiger charge is -2.22. The van der Waals surface area contributed by atoms with Crippen molar-refractivity contribution in [3.63, 3.8) is 0 Å². The summed E-state index contributed by atoms with van der Waals surface area (Å²) in [6.45, 7) is 4.12. The number of hydrogen-bond donors (Lipinski definition) is 1. The number of rotatable bonds is 9.